The number of aryl methyl sites for hydroxylation is 1. The van der Waals surface area contributed by atoms with E-state index in [2.05, 4.69) is 22.4 Å². The van der Waals surface area contributed by atoms with Gasteiger partial charge >= 0.3 is 0 Å². The van der Waals surface area contributed by atoms with Gasteiger partial charge in [0.1, 0.15) is 11.0 Å². The quantitative estimate of drug-likeness (QED) is 0.310. The molecule has 1 fully saturated rings. The minimum absolute atomic E-state index is 0.00906. The van der Waals surface area contributed by atoms with Crippen LogP contribution < -0.4 is 10.9 Å². The molecule has 2 aromatic heterocycles. The van der Waals surface area contributed by atoms with Crippen molar-refractivity contribution in [2.24, 2.45) is 0 Å². The summed E-state index contributed by atoms with van der Waals surface area (Å²) in [6.45, 7) is 0.508. The normalized spacial score (nSPS) is 14.7. The summed E-state index contributed by atoms with van der Waals surface area (Å²) in [5.41, 5.74) is 3.14. The van der Waals surface area contributed by atoms with E-state index in [0.717, 1.165) is 35.7 Å². The first-order valence-corrected chi connectivity index (χ1v) is 12.6. The number of carbonyl (C=O) groups is 1. The number of para-hydroxylation sites is 1. The van der Waals surface area contributed by atoms with Crippen LogP contribution in [0.2, 0.25) is 0 Å². The van der Waals surface area contributed by atoms with E-state index in [0.29, 0.717) is 22.7 Å². The number of amides is 1. The van der Waals surface area contributed by atoms with E-state index in [9.17, 15) is 9.59 Å². The average molecular weight is 461 g/mol. The first kappa shape index (κ1) is 21.8. The minimum Gasteiger partial charge on any atom is -0.353 e. The summed E-state index contributed by atoms with van der Waals surface area (Å²) in [7, 11) is 0. The number of aromatic amines is 1. The highest BCUT2D eigenvalue weighted by Gasteiger charge is 2.19. The van der Waals surface area contributed by atoms with Crippen molar-refractivity contribution in [2.75, 3.05) is 5.75 Å². The van der Waals surface area contributed by atoms with Crippen molar-refractivity contribution in [3.63, 3.8) is 0 Å². The summed E-state index contributed by atoms with van der Waals surface area (Å²) in [5, 5.41) is 4.68. The van der Waals surface area contributed by atoms with Gasteiger partial charge in [-0.25, -0.2) is 4.98 Å². The van der Waals surface area contributed by atoms with E-state index in [-0.39, 0.29) is 23.3 Å². The molecule has 1 aliphatic rings. The van der Waals surface area contributed by atoms with Gasteiger partial charge in [-0.1, -0.05) is 79.6 Å². The van der Waals surface area contributed by atoms with Crippen molar-refractivity contribution in [3.05, 3.63) is 70.5 Å². The fourth-order valence-electron chi connectivity index (χ4n) is 4.62. The van der Waals surface area contributed by atoms with Crippen molar-refractivity contribution in [1.29, 1.82) is 0 Å². The maximum absolute atomic E-state index is 13.5. The number of hydrogen-bond donors (Lipinski definition) is 2. The topological polar surface area (TPSA) is 79.8 Å². The largest absolute Gasteiger partial charge is 0.353 e. The van der Waals surface area contributed by atoms with E-state index in [1.165, 1.54) is 31.0 Å². The summed E-state index contributed by atoms with van der Waals surface area (Å²) < 4.78 is 1.71. The Balaban J connectivity index is 1.44. The van der Waals surface area contributed by atoms with Crippen LogP contribution in [0.3, 0.4) is 0 Å². The van der Waals surface area contributed by atoms with Crippen molar-refractivity contribution < 1.29 is 4.79 Å². The van der Waals surface area contributed by atoms with Gasteiger partial charge in [-0.2, -0.15) is 0 Å². The average Bonchev–Trinajstić information content (AvgIpc) is 3.22. The molecule has 7 heteroatoms. The van der Waals surface area contributed by atoms with E-state index < -0.39 is 0 Å². The molecular weight excluding hydrogens is 432 g/mol. The van der Waals surface area contributed by atoms with Crippen LogP contribution in [0.15, 0.2) is 64.5 Å². The standard InChI is InChI=1S/C26H28N4O2S/c31-22(27-19-11-5-2-6-12-19)17-33-26-29-23-20-13-7-8-14-21(20)28-24(23)25(32)30(26)16-15-18-9-3-1-4-10-18/h1,3-4,7-10,13-14,19,28H,2,5-6,11-12,15-17H2,(H,27,31). The van der Waals surface area contributed by atoms with Crippen LogP contribution in [0.1, 0.15) is 37.7 Å². The molecule has 4 aromatic rings. The second kappa shape index (κ2) is 9.83. The number of fused-ring (bicyclic) bond motifs is 3. The van der Waals surface area contributed by atoms with Crippen LogP contribution in [0.25, 0.3) is 21.9 Å². The van der Waals surface area contributed by atoms with Gasteiger partial charge in [-0.3, -0.25) is 14.2 Å². The highest BCUT2D eigenvalue weighted by Crippen LogP contribution is 2.25. The number of H-pyrrole nitrogens is 1. The number of rotatable bonds is 7. The summed E-state index contributed by atoms with van der Waals surface area (Å²) in [5.74, 6) is 0.261. The molecule has 1 amide bonds. The van der Waals surface area contributed by atoms with Crippen LogP contribution in [-0.2, 0) is 17.8 Å². The summed E-state index contributed by atoms with van der Waals surface area (Å²) in [6, 6.07) is 18.2. The predicted molar refractivity (Wildman–Crippen MR) is 134 cm³/mol. The third kappa shape index (κ3) is 4.83. The zero-order chi connectivity index (χ0) is 22.6. The fourth-order valence-corrected chi connectivity index (χ4v) is 5.44. The Kier molecular flexibility index (Phi) is 6.48. The third-order valence-electron chi connectivity index (χ3n) is 6.35. The zero-order valence-electron chi connectivity index (χ0n) is 18.5. The molecule has 33 heavy (non-hydrogen) atoms. The van der Waals surface area contributed by atoms with Gasteiger partial charge in [0.25, 0.3) is 5.56 Å². The Bertz CT molecular complexity index is 1320. The lowest BCUT2D eigenvalue weighted by atomic mass is 9.95. The summed E-state index contributed by atoms with van der Waals surface area (Å²) in [6.07, 6.45) is 6.43. The molecule has 6 nitrogen and oxygen atoms in total. The highest BCUT2D eigenvalue weighted by molar-refractivity contribution is 7.99. The number of aromatic nitrogens is 3. The molecule has 0 aliphatic heterocycles. The molecule has 5 rings (SSSR count). The molecule has 0 unspecified atom stereocenters. The first-order valence-electron chi connectivity index (χ1n) is 11.7. The number of nitrogens with zero attached hydrogens (tertiary/aromatic N) is 2. The summed E-state index contributed by atoms with van der Waals surface area (Å²) >= 11 is 1.35. The van der Waals surface area contributed by atoms with Crippen LogP contribution >= 0.6 is 11.8 Å². The Morgan fingerprint density at radius 3 is 2.64 bits per heavy atom. The number of thioether (sulfide) groups is 1. The Morgan fingerprint density at radius 2 is 1.82 bits per heavy atom. The smallest absolute Gasteiger partial charge is 0.278 e. The van der Waals surface area contributed by atoms with Crippen LogP contribution in [0.4, 0.5) is 0 Å². The zero-order valence-corrected chi connectivity index (χ0v) is 19.4. The van der Waals surface area contributed by atoms with E-state index in [4.69, 9.17) is 4.98 Å². The molecule has 1 saturated carbocycles. The molecule has 0 radical (unpaired) electrons. The molecule has 0 atom stereocenters. The molecule has 1 aliphatic carbocycles. The van der Waals surface area contributed by atoms with Crippen molar-refractivity contribution >= 4 is 39.6 Å². The number of nitrogens with one attached hydrogen (secondary N) is 2. The maximum Gasteiger partial charge on any atom is 0.278 e. The van der Waals surface area contributed by atoms with Crippen LogP contribution in [-0.4, -0.2) is 32.2 Å². The number of hydrogen-bond acceptors (Lipinski definition) is 4. The van der Waals surface area contributed by atoms with Crippen LogP contribution in [0, 0.1) is 0 Å². The molecule has 170 valence electrons. The van der Waals surface area contributed by atoms with Gasteiger partial charge < -0.3 is 10.3 Å². The Labute approximate surface area is 196 Å². The first-order chi connectivity index (χ1) is 16.2. The van der Waals surface area contributed by atoms with E-state index in [1.807, 2.05) is 42.5 Å². The van der Waals surface area contributed by atoms with Gasteiger partial charge in [0.15, 0.2) is 5.16 Å². The van der Waals surface area contributed by atoms with Gasteiger partial charge in [0, 0.05) is 23.5 Å². The number of carbonyl (C=O) groups excluding carboxylic acids is 1. The van der Waals surface area contributed by atoms with Gasteiger partial charge in [-0.15, -0.1) is 0 Å². The van der Waals surface area contributed by atoms with Gasteiger partial charge in [0.05, 0.1) is 5.75 Å². The van der Waals surface area contributed by atoms with Gasteiger partial charge in [-0.05, 0) is 30.9 Å². The van der Waals surface area contributed by atoms with E-state index >= 15 is 0 Å². The molecule has 0 bridgehead atoms. The monoisotopic (exact) mass is 460 g/mol. The number of benzene rings is 2. The lowest BCUT2D eigenvalue weighted by Crippen LogP contribution is -2.37. The van der Waals surface area contributed by atoms with E-state index in [1.54, 1.807) is 4.57 Å². The minimum atomic E-state index is -0.0951. The predicted octanol–water partition coefficient (Wildman–Crippen LogP) is 4.66. The third-order valence-corrected chi connectivity index (χ3v) is 7.32. The molecular formula is C26H28N4O2S. The summed E-state index contributed by atoms with van der Waals surface area (Å²) in [4.78, 5) is 34.2. The Morgan fingerprint density at radius 1 is 1.06 bits per heavy atom. The highest BCUT2D eigenvalue weighted by atomic mass is 32.2. The lowest BCUT2D eigenvalue weighted by Gasteiger charge is -2.22. The fraction of sp³-hybridized carbons (Fsp3) is 0.346. The maximum atomic E-state index is 13.5. The molecule has 2 heterocycles. The second-order valence-corrected chi connectivity index (χ2v) is 9.61. The second-order valence-electron chi connectivity index (χ2n) is 8.67. The van der Waals surface area contributed by atoms with Crippen molar-refractivity contribution in [2.45, 2.75) is 56.3 Å². The molecule has 2 aromatic carbocycles. The molecule has 0 spiro atoms. The van der Waals surface area contributed by atoms with Crippen molar-refractivity contribution in [3.8, 4) is 0 Å². The molecule has 0 saturated heterocycles. The molecule has 2 N–H and O–H groups in total. The SMILES string of the molecule is O=C(CSc1nc2c([nH]c3ccccc32)c(=O)n1CCc1ccccc1)NC1CCCCC1. The van der Waals surface area contributed by atoms with Crippen LogP contribution in [0.5, 0.6) is 0 Å². The Hall–Kier alpha value is -3.06. The van der Waals surface area contributed by atoms with Gasteiger partial charge in [0.2, 0.25) is 5.91 Å². The van der Waals surface area contributed by atoms with Crippen molar-refractivity contribution in [1.82, 2.24) is 19.9 Å². The lowest BCUT2D eigenvalue weighted by molar-refractivity contribution is -0.119.